The van der Waals surface area contributed by atoms with E-state index in [1.54, 1.807) is 25.9 Å². The van der Waals surface area contributed by atoms with Crippen LogP contribution in [0.25, 0.3) is 0 Å². The molecule has 2 rings (SSSR count). The van der Waals surface area contributed by atoms with Crippen molar-refractivity contribution in [1.29, 1.82) is 0 Å². The van der Waals surface area contributed by atoms with Crippen LogP contribution in [0.1, 0.15) is 64.7 Å². The van der Waals surface area contributed by atoms with Crippen LogP contribution in [0.3, 0.4) is 0 Å². The monoisotopic (exact) mass is 498 g/mol. The highest BCUT2D eigenvalue weighted by Crippen LogP contribution is 2.48. The first-order valence-electron chi connectivity index (χ1n) is 12.4. The largest absolute Gasteiger partial charge is 0.497 e. The SMILES string of the molecule is CCC(SC(C)(C)C)(C(=O)NC(Cc1ccc(OC)cc1)C(=O)NC)c1ccccc1CC(C)C. The highest BCUT2D eigenvalue weighted by atomic mass is 32.2. The predicted molar refractivity (Wildman–Crippen MR) is 147 cm³/mol. The van der Waals surface area contributed by atoms with Crippen LogP contribution < -0.4 is 15.4 Å². The van der Waals surface area contributed by atoms with Gasteiger partial charge < -0.3 is 15.4 Å². The number of hydrogen-bond donors (Lipinski definition) is 2. The Morgan fingerprint density at radius 1 is 1.00 bits per heavy atom. The van der Waals surface area contributed by atoms with Crippen LogP contribution in [0, 0.1) is 5.92 Å². The van der Waals surface area contributed by atoms with Gasteiger partial charge in [0.2, 0.25) is 11.8 Å². The molecule has 0 aliphatic carbocycles. The molecule has 0 fully saturated rings. The van der Waals surface area contributed by atoms with E-state index in [9.17, 15) is 9.59 Å². The van der Waals surface area contributed by atoms with Crippen LogP contribution >= 0.6 is 11.8 Å². The van der Waals surface area contributed by atoms with Crippen LogP contribution in [0.15, 0.2) is 48.5 Å². The number of hydrogen-bond acceptors (Lipinski definition) is 4. The zero-order chi connectivity index (χ0) is 26.2. The van der Waals surface area contributed by atoms with Gasteiger partial charge in [0, 0.05) is 18.2 Å². The highest BCUT2D eigenvalue weighted by molar-refractivity contribution is 8.02. The van der Waals surface area contributed by atoms with Crippen LogP contribution in [0.4, 0.5) is 0 Å². The second-order valence-corrected chi connectivity index (χ2v) is 12.5. The molecule has 2 atom stereocenters. The van der Waals surface area contributed by atoms with Crippen LogP contribution in [-0.4, -0.2) is 36.8 Å². The van der Waals surface area contributed by atoms with Crippen molar-refractivity contribution >= 4 is 23.6 Å². The topological polar surface area (TPSA) is 67.4 Å². The molecular formula is C29H42N2O3S. The maximum Gasteiger partial charge on any atom is 0.242 e. The third kappa shape index (κ3) is 7.76. The van der Waals surface area contributed by atoms with Crippen molar-refractivity contribution in [2.45, 2.75) is 76.3 Å². The number of carbonyl (C=O) groups is 2. The third-order valence-corrected chi connectivity index (χ3v) is 7.55. The van der Waals surface area contributed by atoms with E-state index in [-0.39, 0.29) is 16.6 Å². The minimum Gasteiger partial charge on any atom is -0.497 e. The van der Waals surface area contributed by atoms with Crippen LogP contribution in [-0.2, 0) is 27.2 Å². The number of carbonyl (C=O) groups excluding carboxylic acids is 2. The average molecular weight is 499 g/mol. The van der Waals surface area contributed by atoms with Crippen molar-refractivity contribution in [2.75, 3.05) is 14.2 Å². The summed E-state index contributed by atoms with van der Waals surface area (Å²) >= 11 is 1.66. The van der Waals surface area contributed by atoms with E-state index in [1.807, 2.05) is 36.4 Å². The van der Waals surface area contributed by atoms with Gasteiger partial charge in [-0.05, 0) is 47.6 Å². The van der Waals surface area contributed by atoms with Gasteiger partial charge in [0.25, 0.3) is 0 Å². The van der Waals surface area contributed by atoms with Gasteiger partial charge in [0.15, 0.2) is 0 Å². The molecule has 2 unspecified atom stereocenters. The molecule has 0 aliphatic rings. The summed E-state index contributed by atoms with van der Waals surface area (Å²) in [5.74, 6) is 0.873. The first kappa shape index (κ1) is 28.8. The molecule has 0 bridgehead atoms. The first-order valence-corrected chi connectivity index (χ1v) is 13.2. The molecule has 0 aromatic heterocycles. The number of likely N-dealkylation sites (N-methyl/N-ethyl adjacent to an activating group) is 1. The lowest BCUT2D eigenvalue weighted by molar-refractivity contribution is -0.130. The number of methoxy groups -OCH3 is 1. The first-order chi connectivity index (χ1) is 16.5. The molecule has 192 valence electrons. The van der Waals surface area contributed by atoms with Crippen molar-refractivity contribution in [2.24, 2.45) is 5.92 Å². The zero-order valence-electron chi connectivity index (χ0n) is 22.5. The Hall–Kier alpha value is -2.47. The lowest BCUT2D eigenvalue weighted by Crippen LogP contribution is -2.53. The fourth-order valence-electron chi connectivity index (χ4n) is 4.36. The van der Waals surface area contributed by atoms with Gasteiger partial charge in [-0.1, -0.05) is 77.9 Å². The van der Waals surface area contributed by atoms with Gasteiger partial charge in [0.05, 0.1) is 7.11 Å². The van der Waals surface area contributed by atoms with E-state index >= 15 is 0 Å². The van der Waals surface area contributed by atoms with Crippen LogP contribution in [0.2, 0.25) is 0 Å². The molecule has 2 N–H and O–H groups in total. The molecular weight excluding hydrogens is 456 g/mol. The van der Waals surface area contributed by atoms with Crippen molar-refractivity contribution in [3.63, 3.8) is 0 Å². The Bertz CT molecular complexity index is 982. The lowest BCUT2D eigenvalue weighted by Gasteiger charge is -2.39. The number of benzene rings is 2. The maximum atomic E-state index is 14.2. The molecule has 0 radical (unpaired) electrons. The van der Waals surface area contributed by atoms with Crippen molar-refractivity contribution in [3.8, 4) is 5.75 Å². The summed E-state index contributed by atoms with van der Waals surface area (Å²) < 4.78 is 4.26. The Balaban J connectivity index is 2.50. The molecule has 0 saturated heterocycles. The maximum absolute atomic E-state index is 14.2. The molecule has 6 heteroatoms. The van der Waals surface area contributed by atoms with Crippen molar-refractivity contribution in [3.05, 3.63) is 65.2 Å². The van der Waals surface area contributed by atoms with E-state index < -0.39 is 10.8 Å². The van der Waals surface area contributed by atoms with Crippen LogP contribution in [0.5, 0.6) is 5.75 Å². The van der Waals surface area contributed by atoms with E-state index in [4.69, 9.17) is 4.74 Å². The summed E-state index contributed by atoms with van der Waals surface area (Å²) in [6.45, 7) is 12.8. The van der Waals surface area contributed by atoms with Gasteiger partial charge in [-0.3, -0.25) is 9.59 Å². The Morgan fingerprint density at radius 3 is 2.14 bits per heavy atom. The summed E-state index contributed by atoms with van der Waals surface area (Å²) in [7, 11) is 3.22. The quantitative estimate of drug-likeness (QED) is 0.429. The fraction of sp³-hybridized carbons (Fsp3) is 0.517. The Labute approximate surface area is 215 Å². The summed E-state index contributed by atoms with van der Waals surface area (Å²) in [4.78, 5) is 27.1. The van der Waals surface area contributed by atoms with E-state index in [0.717, 1.165) is 23.3 Å². The van der Waals surface area contributed by atoms with E-state index in [1.165, 1.54) is 5.56 Å². The summed E-state index contributed by atoms with van der Waals surface area (Å²) in [6, 6.07) is 15.2. The number of thioether (sulfide) groups is 1. The standard InChI is InChI=1S/C29H42N2O3S/c1-9-29(35-28(4,5)6,24-13-11-10-12-22(24)18-20(2)3)27(33)31-25(26(32)30-7)19-21-14-16-23(34-8)17-15-21/h10-17,20,25H,9,18-19H2,1-8H3,(H,30,32)(H,31,33). The minimum absolute atomic E-state index is 0.127. The summed E-state index contributed by atoms with van der Waals surface area (Å²) in [5, 5.41) is 5.86. The second kappa shape index (κ2) is 12.5. The van der Waals surface area contributed by atoms with Crippen molar-refractivity contribution in [1.82, 2.24) is 10.6 Å². The van der Waals surface area contributed by atoms with E-state index in [0.29, 0.717) is 18.8 Å². The summed E-state index contributed by atoms with van der Waals surface area (Å²) in [6.07, 6.45) is 1.89. The second-order valence-electron chi connectivity index (χ2n) is 10.3. The normalized spacial score (nSPS) is 14.2. The molecule has 5 nitrogen and oxygen atoms in total. The Kier molecular flexibility index (Phi) is 10.3. The predicted octanol–water partition coefficient (Wildman–Crippen LogP) is 5.50. The van der Waals surface area contributed by atoms with Gasteiger partial charge >= 0.3 is 0 Å². The number of ether oxygens (including phenoxy) is 1. The molecule has 35 heavy (non-hydrogen) atoms. The molecule has 0 saturated carbocycles. The van der Waals surface area contributed by atoms with Gasteiger partial charge in [0.1, 0.15) is 16.5 Å². The molecule has 2 amide bonds. The fourth-order valence-corrected chi connectivity index (χ4v) is 6.01. The Morgan fingerprint density at radius 2 is 1.63 bits per heavy atom. The minimum atomic E-state index is -0.823. The van der Waals surface area contributed by atoms with Gasteiger partial charge in [-0.15, -0.1) is 11.8 Å². The third-order valence-electron chi connectivity index (χ3n) is 5.89. The number of amides is 2. The van der Waals surface area contributed by atoms with Crippen molar-refractivity contribution < 1.29 is 14.3 Å². The smallest absolute Gasteiger partial charge is 0.242 e. The zero-order valence-corrected chi connectivity index (χ0v) is 23.3. The molecule has 0 aliphatic heterocycles. The van der Waals surface area contributed by atoms with E-state index in [2.05, 4.69) is 64.3 Å². The molecule has 0 spiro atoms. The van der Waals surface area contributed by atoms with Gasteiger partial charge in [-0.25, -0.2) is 0 Å². The average Bonchev–Trinajstić information content (AvgIpc) is 2.81. The molecule has 2 aromatic rings. The summed E-state index contributed by atoms with van der Waals surface area (Å²) in [5.41, 5.74) is 3.17. The number of nitrogens with one attached hydrogen (secondary N) is 2. The lowest BCUT2D eigenvalue weighted by atomic mass is 9.86. The molecule has 0 heterocycles. The van der Waals surface area contributed by atoms with Gasteiger partial charge in [-0.2, -0.15) is 0 Å². The number of rotatable bonds is 11. The molecule has 2 aromatic carbocycles. The highest BCUT2D eigenvalue weighted by Gasteiger charge is 2.45.